The highest BCUT2D eigenvalue weighted by Crippen LogP contribution is 2.04. The molecule has 0 fully saturated rings. The molecule has 1 aromatic carbocycles. The Balaban J connectivity index is 2.41. The fraction of sp³-hybridized carbons (Fsp3) is 0.467. The number of hydrogen-bond donors (Lipinski definition) is 5. The number of carbonyl (C=O) groups is 2. The van der Waals surface area contributed by atoms with Gasteiger partial charge in [0.15, 0.2) is 0 Å². The van der Waals surface area contributed by atoms with Gasteiger partial charge in [0.2, 0.25) is 0 Å². The third-order valence-electron chi connectivity index (χ3n) is 3.17. The van der Waals surface area contributed by atoms with E-state index in [1.807, 2.05) is 6.07 Å². The smallest absolute Gasteiger partial charge is 0.320 e. The zero-order valence-corrected chi connectivity index (χ0v) is 12.4. The topological polar surface area (TPSA) is 136 Å². The molecule has 0 spiro atoms. The summed E-state index contributed by atoms with van der Waals surface area (Å²) in [6, 6.07) is 7.70. The number of aldehydes is 1. The number of hydrogen-bond acceptors (Lipinski definition) is 8. The van der Waals surface area contributed by atoms with Crippen LogP contribution < -0.4 is 5.32 Å². The summed E-state index contributed by atoms with van der Waals surface area (Å²) in [6.45, 7) is -1.07. The van der Waals surface area contributed by atoms with Gasteiger partial charge in [-0.2, -0.15) is 0 Å². The van der Waals surface area contributed by atoms with Crippen molar-refractivity contribution < 1.29 is 34.8 Å². The number of esters is 1. The Kier molecular flexibility index (Phi) is 8.38. The SMILES string of the molecule is O=C[C@H](NCC(=O)OCc1ccccc1)[C@@H](O)[C@@H](O)[C@H](O)CO. The molecule has 0 heterocycles. The summed E-state index contributed by atoms with van der Waals surface area (Å²) >= 11 is 0. The first kappa shape index (κ1) is 19.2. The average molecular weight is 327 g/mol. The van der Waals surface area contributed by atoms with Crippen LogP contribution in [0.15, 0.2) is 30.3 Å². The van der Waals surface area contributed by atoms with Crippen LogP contribution in [0.25, 0.3) is 0 Å². The first-order chi connectivity index (χ1) is 11.0. The lowest BCUT2D eigenvalue weighted by atomic mass is 10.0. The highest BCUT2D eigenvalue weighted by molar-refractivity contribution is 5.72. The molecule has 0 aliphatic heterocycles. The van der Waals surface area contributed by atoms with E-state index in [4.69, 9.17) is 9.84 Å². The molecule has 0 saturated carbocycles. The van der Waals surface area contributed by atoms with Gasteiger partial charge < -0.3 is 30.0 Å². The third kappa shape index (κ3) is 6.43. The van der Waals surface area contributed by atoms with Gasteiger partial charge in [-0.1, -0.05) is 30.3 Å². The summed E-state index contributed by atoms with van der Waals surface area (Å²) in [7, 11) is 0. The van der Waals surface area contributed by atoms with Crippen molar-refractivity contribution in [3.05, 3.63) is 35.9 Å². The molecule has 0 aromatic heterocycles. The van der Waals surface area contributed by atoms with Crippen molar-refractivity contribution in [2.24, 2.45) is 0 Å². The van der Waals surface area contributed by atoms with Crippen LogP contribution in [-0.4, -0.2) is 70.2 Å². The van der Waals surface area contributed by atoms with Gasteiger partial charge in [0.05, 0.1) is 19.2 Å². The van der Waals surface area contributed by atoms with E-state index in [0.29, 0.717) is 6.29 Å². The maximum absolute atomic E-state index is 11.6. The van der Waals surface area contributed by atoms with Gasteiger partial charge in [-0.15, -0.1) is 0 Å². The first-order valence-electron chi connectivity index (χ1n) is 7.03. The molecule has 23 heavy (non-hydrogen) atoms. The predicted octanol–water partition coefficient (Wildman–Crippen LogP) is -2.04. The second kappa shape index (κ2) is 10.0. The number of aliphatic hydroxyl groups is 4. The molecule has 0 aliphatic carbocycles. The van der Waals surface area contributed by atoms with Gasteiger partial charge in [0.25, 0.3) is 0 Å². The second-order valence-electron chi connectivity index (χ2n) is 4.92. The first-order valence-corrected chi connectivity index (χ1v) is 7.03. The molecule has 128 valence electrons. The maximum Gasteiger partial charge on any atom is 0.320 e. The van der Waals surface area contributed by atoms with Crippen molar-refractivity contribution in [1.82, 2.24) is 5.32 Å². The molecule has 4 atom stereocenters. The zero-order valence-electron chi connectivity index (χ0n) is 12.4. The number of carbonyl (C=O) groups excluding carboxylic acids is 2. The Hall–Kier alpha value is -1.84. The monoisotopic (exact) mass is 327 g/mol. The van der Waals surface area contributed by atoms with Gasteiger partial charge in [-0.05, 0) is 5.56 Å². The van der Waals surface area contributed by atoms with E-state index in [1.54, 1.807) is 24.3 Å². The lowest BCUT2D eigenvalue weighted by Crippen LogP contribution is -2.53. The van der Waals surface area contributed by atoms with Crippen LogP contribution in [0.5, 0.6) is 0 Å². The molecule has 0 saturated heterocycles. The Morgan fingerprint density at radius 1 is 1.17 bits per heavy atom. The number of aliphatic hydroxyl groups excluding tert-OH is 4. The molecule has 8 heteroatoms. The molecule has 5 N–H and O–H groups in total. The Labute approximate surface area is 133 Å². The molecule has 0 amide bonds. The molecule has 0 radical (unpaired) electrons. The summed E-state index contributed by atoms with van der Waals surface area (Å²) in [5.74, 6) is -0.648. The predicted molar refractivity (Wildman–Crippen MR) is 79.2 cm³/mol. The minimum Gasteiger partial charge on any atom is -0.460 e. The van der Waals surface area contributed by atoms with Crippen molar-refractivity contribution in [1.29, 1.82) is 0 Å². The molecule has 0 aliphatic rings. The maximum atomic E-state index is 11.6. The van der Waals surface area contributed by atoms with E-state index in [2.05, 4.69) is 5.32 Å². The molecule has 8 nitrogen and oxygen atoms in total. The van der Waals surface area contributed by atoms with Gasteiger partial charge in [-0.3, -0.25) is 10.1 Å². The van der Waals surface area contributed by atoms with Crippen LogP contribution in [0.3, 0.4) is 0 Å². The van der Waals surface area contributed by atoms with E-state index < -0.39 is 36.9 Å². The fourth-order valence-electron chi connectivity index (χ4n) is 1.79. The third-order valence-corrected chi connectivity index (χ3v) is 3.17. The lowest BCUT2D eigenvalue weighted by molar-refractivity contribution is -0.144. The van der Waals surface area contributed by atoms with Crippen LogP contribution in [0.2, 0.25) is 0 Å². The average Bonchev–Trinajstić information content (AvgIpc) is 2.59. The Morgan fingerprint density at radius 3 is 2.39 bits per heavy atom. The highest BCUT2D eigenvalue weighted by atomic mass is 16.5. The summed E-state index contributed by atoms with van der Waals surface area (Å²) in [5.41, 5.74) is 0.800. The van der Waals surface area contributed by atoms with E-state index in [1.165, 1.54) is 0 Å². The largest absolute Gasteiger partial charge is 0.460 e. The van der Waals surface area contributed by atoms with Crippen molar-refractivity contribution in [3.8, 4) is 0 Å². The van der Waals surface area contributed by atoms with E-state index in [9.17, 15) is 24.9 Å². The van der Waals surface area contributed by atoms with Crippen LogP contribution in [0, 0.1) is 0 Å². The second-order valence-corrected chi connectivity index (χ2v) is 4.92. The molecule has 0 bridgehead atoms. The molecular weight excluding hydrogens is 306 g/mol. The Bertz CT molecular complexity index is 482. The van der Waals surface area contributed by atoms with Crippen LogP contribution >= 0.6 is 0 Å². The summed E-state index contributed by atoms with van der Waals surface area (Å²) in [6.07, 6.45) is -4.72. The quantitative estimate of drug-likeness (QED) is 0.245. The van der Waals surface area contributed by atoms with Gasteiger partial charge >= 0.3 is 5.97 Å². The number of ether oxygens (including phenoxy) is 1. The summed E-state index contributed by atoms with van der Waals surface area (Å²) in [4.78, 5) is 22.5. The minimum absolute atomic E-state index is 0.0709. The highest BCUT2D eigenvalue weighted by Gasteiger charge is 2.31. The van der Waals surface area contributed by atoms with Crippen LogP contribution in [0.4, 0.5) is 0 Å². The number of rotatable bonds is 10. The van der Waals surface area contributed by atoms with Crippen molar-refractivity contribution in [2.45, 2.75) is 31.0 Å². The van der Waals surface area contributed by atoms with Crippen LogP contribution in [0.1, 0.15) is 5.56 Å². The zero-order chi connectivity index (χ0) is 17.2. The van der Waals surface area contributed by atoms with Crippen molar-refractivity contribution >= 4 is 12.3 Å². The van der Waals surface area contributed by atoms with E-state index >= 15 is 0 Å². The summed E-state index contributed by atoms with van der Waals surface area (Å²) in [5, 5.41) is 39.6. The molecule has 1 aromatic rings. The van der Waals surface area contributed by atoms with E-state index in [-0.39, 0.29) is 13.2 Å². The number of benzene rings is 1. The van der Waals surface area contributed by atoms with Gasteiger partial charge in [-0.25, -0.2) is 0 Å². The van der Waals surface area contributed by atoms with Crippen molar-refractivity contribution in [3.63, 3.8) is 0 Å². The Morgan fingerprint density at radius 2 is 1.83 bits per heavy atom. The normalized spacial score (nSPS) is 16.2. The van der Waals surface area contributed by atoms with Crippen molar-refractivity contribution in [2.75, 3.05) is 13.2 Å². The number of nitrogens with one attached hydrogen (secondary N) is 1. The van der Waals surface area contributed by atoms with Gasteiger partial charge in [0.1, 0.15) is 31.2 Å². The fourth-order valence-corrected chi connectivity index (χ4v) is 1.79. The van der Waals surface area contributed by atoms with Crippen LogP contribution in [-0.2, 0) is 20.9 Å². The minimum atomic E-state index is -1.73. The standard InChI is InChI=1S/C15H21NO7/c17-7-11(14(21)15(22)12(19)8-18)16-6-13(20)23-9-10-4-2-1-3-5-10/h1-5,7,11-12,14-16,18-19,21-22H,6,8-9H2/t11-,12+,14+,15-/m0/s1. The summed E-state index contributed by atoms with van der Waals surface area (Å²) < 4.78 is 4.98. The van der Waals surface area contributed by atoms with Gasteiger partial charge in [0, 0.05) is 0 Å². The lowest BCUT2D eigenvalue weighted by Gasteiger charge is -2.26. The molecular formula is C15H21NO7. The molecule has 1 rings (SSSR count). The molecule has 0 unspecified atom stereocenters. The van der Waals surface area contributed by atoms with E-state index in [0.717, 1.165) is 5.56 Å².